The predicted octanol–water partition coefficient (Wildman–Crippen LogP) is 2.47. The highest BCUT2D eigenvalue weighted by molar-refractivity contribution is 8.13. The third kappa shape index (κ3) is 3.52. The van der Waals surface area contributed by atoms with Crippen LogP contribution in [-0.4, -0.2) is 40.2 Å². The fourth-order valence-electron chi connectivity index (χ4n) is 1.79. The van der Waals surface area contributed by atoms with Gasteiger partial charge in [0.25, 0.3) is 5.89 Å². The van der Waals surface area contributed by atoms with Gasteiger partial charge < -0.3 is 4.52 Å². The summed E-state index contributed by atoms with van der Waals surface area (Å²) in [5, 5.41) is 8.79. The van der Waals surface area contributed by atoms with E-state index < -0.39 is 0 Å². The SMILES string of the molecule is CNC(SC)=[N+](C)Cc1nc(-c2cccc(Cl)c2)no1. The van der Waals surface area contributed by atoms with Crippen molar-refractivity contribution in [3.8, 4) is 11.4 Å². The maximum atomic E-state index is 5.96. The molecule has 1 aromatic carbocycles. The molecule has 0 bridgehead atoms. The predicted molar refractivity (Wildman–Crippen MR) is 82.2 cm³/mol. The van der Waals surface area contributed by atoms with Crippen LogP contribution in [0.1, 0.15) is 5.89 Å². The van der Waals surface area contributed by atoms with Crippen molar-refractivity contribution in [1.82, 2.24) is 15.5 Å². The summed E-state index contributed by atoms with van der Waals surface area (Å²) in [6, 6.07) is 7.39. The van der Waals surface area contributed by atoms with Crippen molar-refractivity contribution < 1.29 is 9.10 Å². The van der Waals surface area contributed by atoms with Gasteiger partial charge in [0.15, 0.2) is 6.54 Å². The number of benzene rings is 1. The van der Waals surface area contributed by atoms with Crippen molar-refractivity contribution in [3.05, 3.63) is 35.2 Å². The molecule has 0 amide bonds. The monoisotopic (exact) mass is 311 g/mol. The third-order valence-electron chi connectivity index (χ3n) is 2.68. The topological polar surface area (TPSA) is 54.0 Å². The number of amidine groups is 1. The molecule has 1 heterocycles. The van der Waals surface area contributed by atoms with Gasteiger partial charge in [-0.25, -0.2) is 4.58 Å². The zero-order chi connectivity index (χ0) is 14.5. The van der Waals surface area contributed by atoms with Crippen LogP contribution < -0.4 is 5.32 Å². The minimum absolute atomic E-state index is 0.546. The molecule has 0 saturated carbocycles. The van der Waals surface area contributed by atoms with E-state index in [1.807, 2.05) is 49.2 Å². The average Bonchev–Trinajstić information content (AvgIpc) is 2.88. The van der Waals surface area contributed by atoms with E-state index in [0.29, 0.717) is 23.3 Å². The molecule has 2 aromatic rings. The second kappa shape index (κ2) is 6.76. The number of thioether (sulfide) groups is 1. The zero-order valence-corrected chi connectivity index (χ0v) is 13.1. The Morgan fingerprint density at radius 1 is 1.50 bits per heavy atom. The summed E-state index contributed by atoms with van der Waals surface area (Å²) in [6.45, 7) is 0.546. The molecule has 0 aliphatic carbocycles. The number of nitrogens with zero attached hydrogens (tertiary/aromatic N) is 3. The molecule has 0 aliphatic heterocycles. The lowest BCUT2D eigenvalue weighted by atomic mass is 10.2. The molecule has 7 heteroatoms. The number of rotatable bonds is 3. The van der Waals surface area contributed by atoms with Crippen molar-refractivity contribution >= 4 is 28.5 Å². The van der Waals surface area contributed by atoms with Gasteiger partial charge in [0.2, 0.25) is 5.82 Å². The Hall–Kier alpha value is -1.53. The van der Waals surface area contributed by atoms with Gasteiger partial charge >= 0.3 is 5.17 Å². The van der Waals surface area contributed by atoms with Crippen LogP contribution in [0.25, 0.3) is 11.4 Å². The highest BCUT2D eigenvalue weighted by Crippen LogP contribution is 2.20. The Kier molecular flexibility index (Phi) is 5.03. The second-order valence-electron chi connectivity index (χ2n) is 4.14. The third-order valence-corrected chi connectivity index (χ3v) is 3.81. The van der Waals surface area contributed by atoms with Gasteiger partial charge in [-0.05, 0) is 30.2 Å². The lowest BCUT2D eigenvalue weighted by molar-refractivity contribution is -0.516. The van der Waals surface area contributed by atoms with Crippen molar-refractivity contribution in [3.63, 3.8) is 0 Å². The van der Waals surface area contributed by atoms with Crippen molar-refractivity contribution in [1.29, 1.82) is 0 Å². The molecule has 1 aromatic heterocycles. The molecule has 1 N–H and O–H groups in total. The van der Waals surface area contributed by atoms with Gasteiger partial charge in [-0.2, -0.15) is 4.98 Å². The first-order valence-electron chi connectivity index (χ1n) is 6.02. The lowest BCUT2D eigenvalue weighted by Gasteiger charge is -2.01. The van der Waals surface area contributed by atoms with Crippen LogP contribution >= 0.6 is 23.4 Å². The van der Waals surface area contributed by atoms with Crippen LogP contribution in [-0.2, 0) is 6.54 Å². The van der Waals surface area contributed by atoms with Gasteiger partial charge in [0, 0.05) is 10.6 Å². The summed E-state index contributed by atoms with van der Waals surface area (Å²) >= 11 is 7.58. The molecule has 20 heavy (non-hydrogen) atoms. The Labute approximate surface area is 127 Å². The summed E-state index contributed by atoms with van der Waals surface area (Å²) < 4.78 is 7.29. The van der Waals surface area contributed by atoms with E-state index in [1.54, 1.807) is 11.8 Å². The number of hydrogen-bond acceptors (Lipinski definition) is 4. The molecule has 0 saturated heterocycles. The fourth-order valence-corrected chi connectivity index (χ4v) is 2.56. The first-order valence-corrected chi connectivity index (χ1v) is 7.62. The Balaban J connectivity index is 2.20. The normalized spacial score (nSPS) is 12.2. The van der Waals surface area contributed by atoms with E-state index in [0.717, 1.165) is 10.7 Å². The van der Waals surface area contributed by atoms with Crippen LogP contribution in [0.15, 0.2) is 28.8 Å². The Morgan fingerprint density at radius 3 is 2.95 bits per heavy atom. The summed E-state index contributed by atoms with van der Waals surface area (Å²) in [6.07, 6.45) is 2.01. The number of hydrogen-bond donors (Lipinski definition) is 1. The average molecular weight is 312 g/mol. The molecule has 0 atom stereocenters. The van der Waals surface area contributed by atoms with Gasteiger partial charge in [-0.3, -0.25) is 5.32 Å². The first-order chi connectivity index (χ1) is 9.63. The largest absolute Gasteiger partial charge is 0.335 e. The number of aromatic nitrogens is 2. The smallest absolute Gasteiger partial charge is 0.305 e. The van der Waals surface area contributed by atoms with Gasteiger partial charge in [-0.15, -0.1) is 0 Å². The molecule has 5 nitrogen and oxygen atoms in total. The van der Waals surface area contributed by atoms with E-state index in [-0.39, 0.29) is 0 Å². The lowest BCUT2D eigenvalue weighted by Crippen LogP contribution is -2.25. The van der Waals surface area contributed by atoms with Gasteiger partial charge in [-0.1, -0.05) is 28.9 Å². The molecule has 0 radical (unpaired) electrons. The first kappa shape index (κ1) is 14.9. The molecular weight excluding hydrogens is 296 g/mol. The minimum atomic E-state index is 0.546. The van der Waals surface area contributed by atoms with Crippen LogP contribution in [0.3, 0.4) is 0 Å². The second-order valence-corrected chi connectivity index (χ2v) is 5.37. The maximum Gasteiger partial charge on any atom is 0.305 e. The minimum Gasteiger partial charge on any atom is -0.335 e. The summed E-state index contributed by atoms with van der Waals surface area (Å²) in [4.78, 5) is 4.38. The van der Waals surface area contributed by atoms with Gasteiger partial charge in [0.05, 0.1) is 14.1 Å². The van der Waals surface area contributed by atoms with Crippen LogP contribution in [0.4, 0.5) is 0 Å². The van der Waals surface area contributed by atoms with Crippen molar-refractivity contribution in [2.45, 2.75) is 6.54 Å². The van der Waals surface area contributed by atoms with Crippen LogP contribution in [0.5, 0.6) is 0 Å². The Bertz CT molecular complexity index is 620. The van der Waals surface area contributed by atoms with Crippen molar-refractivity contribution in [2.75, 3.05) is 20.4 Å². The molecule has 0 spiro atoms. The fraction of sp³-hybridized carbons (Fsp3) is 0.308. The van der Waals surface area contributed by atoms with E-state index in [9.17, 15) is 0 Å². The molecule has 0 unspecified atom stereocenters. The summed E-state index contributed by atoms with van der Waals surface area (Å²) in [5.74, 6) is 1.11. The highest BCUT2D eigenvalue weighted by atomic mass is 35.5. The quantitative estimate of drug-likeness (QED) is 0.536. The van der Waals surface area contributed by atoms with E-state index >= 15 is 0 Å². The van der Waals surface area contributed by atoms with E-state index in [4.69, 9.17) is 16.1 Å². The highest BCUT2D eigenvalue weighted by Gasteiger charge is 2.13. The van der Waals surface area contributed by atoms with Gasteiger partial charge in [0.1, 0.15) is 0 Å². The molecule has 0 fully saturated rings. The van der Waals surface area contributed by atoms with E-state index in [1.165, 1.54) is 0 Å². The van der Waals surface area contributed by atoms with E-state index in [2.05, 4.69) is 15.5 Å². The number of halogens is 1. The summed E-state index contributed by atoms with van der Waals surface area (Å²) in [7, 11) is 3.85. The standard InChI is InChI=1S/C13H15ClN4OS/c1-15-13(20-3)18(2)8-11-16-12(17-19-11)9-5-4-6-10(14)7-9/h4-7H,8H2,1-3H3/p+1. The molecular formula is C13H16ClN4OS+. The molecule has 2 rings (SSSR count). The zero-order valence-electron chi connectivity index (χ0n) is 11.6. The van der Waals surface area contributed by atoms with Crippen LogP contribution in [0, 0.1) is 0 Å². The van der Waals surface area contributed by atoms with Crippen molar-refractivity contribution in [2.24, 2.45) is 0 Å². The Morgan fingerprint density at radius 2 is 2.30 bits per heavy atom. The molecule has 0 aliphatic rings. The maximum absolute atomic E-state index is 5.96. The summed E-state index contributed by atoms with van der Waals surface area (Å²) in [5.41, 5.74) is 0.845. The van der Waals surface area contributed by atoms with Crippen LogP contribution in [0.2, 0.25) is 5.02 Å². The number of nitrogens with one attached hydrogen (secondary N) is 1. The molecule has 106 valence electrons.